The average Bonchev–Trinajstić information content (AvgIpc) is 3.12. The lowest BCUT2D eigenvalue weighted by molar-refractivity contribution is -0.141. The van der Waals surface area contributed by atoms with Gasteiger partial charge in [0.05, 0.1) is 42.8 Å². The van der Waals surface area contributed by atoms with Gasteiger partial charge in [0.15, 0.2) is 11.5 Å². The molecule has 2 aromatic heterocycles. The topological polar surface area (TPSA) is 111 Å². The Balaban J connectivity index is 1.38. The Kier molecular flexibility index (Phi) is 6.81. The van der Waals surface area contributed by atoms with Gasteiger partial charge in [-0.15, -0.1) is 0 Å². The minimum Gasteiger partial charge on any atom is -0.362 e. The van der Waals surface area contributed by atoms with Crippen molar-refractivity contribution in [1.29, 1.82) is 5.41 Å². The minimum atomic E-state index is -4.57. The molecule has 2 fully saturated rings. The second-order valence-corrected chi connectivity index (χ2v) is 8.51. The van der Waals surface area contributed by atoms with Crippen LogP contribution >= 0.6 is 0 Å². The Hall–Kier alpha value is -3.45. The molecule has 2 aromatic rings. The molecule has 9 nitrogen and oxygen atoms in total. The van der Waals surface area contributed by atoms with Crippen molar-refractivity contribution in [2.24, 2.45) is 5.41 Å². The standard InChI is InChI=1S/C21H23F5N8O/c22-16(23)10-31-18-14(7-27)29-11-17(32-18)33-4-1-20(2-5-33)3-6-34(19(20)35)12-13-8-30-15(9-28-13)21(24,25)26/h7-9,11,16,27H,1-6,10,12H2,(H,31,32). The second-order valence-electron chi connectivity index (χ2n) is 8.51. The SMILES string of the molecule is N=Cc1ncc(N2CCC3(CCN(Cc4cnc(C(F)(F)F)cn4)C3=O)CC2)nc1NCC(F)F. The van der Waals surface area contributed by atoms with Gasteiger partial charge in [-0.3, -0.25) is 9.78 Å². The number of alkyl halides is 5. The Bertz CT molecular complexity index is 1070. The minimum absolute atomic E-state index is 0.0663. The highest BCUT2D eigenvalue weighted by atomic mass is 19.4. The van der Waals surface area contributed by atoms with Gasteiger partial charge in [0, 0.05) is 25.8 Å². The van der Waals surface area contributed by atoms with Crippen LogP contribution in [0, 0.1) is 10.8 Å². The van der Waals surface area contributed by atoms with Crippen molar-refractivity contribution in [3.8, 4) is 0 Å². The van der Waals surface area contributed by atoms with E-state index >= 15 is 0 Å². The van der Waals surface area contributed by atoms with Gasteiger partial charge in [-0.25, -0.2) is 23.7 Å². The smallest absolute Gasteiger partial charge is 0.362 e. The molecule has 2 saturated heterocycles. The summed E-state index contributed by atoms with van der Waals surface area (Å²) in [7, 11) is 0. The normalized spacial score (nSPS) is 17.9. The van der Waals surface area contributed by atoms with Gasteiger partial charge < -0.3 is 20.5 Å². The zero-order valence-electron chi connectivity index (χ0n) is 18.5. The van der Waals surface area contributed by atoms with E-state index in [0.29, 0.717) is 50.9 Å². The summed E-state index contributed by atoms with van der Waals surface area (Å²) in [5.74, 6) is 0.492. The molecule has 0 bridgehead atoms. The lowest BCUT2D eigenvalue weighted by Crippen LogP contribution is -2.45. The number of nitrogens with one attached hydrogen (secondary N) is 2. The predicted octanol–water partition coefficient (Wildman–Crippen LogP) is 2.98. The molecule has 1 amide bonds. The fraction of sp³-hybridized carbons (Fsp3) is 0.524. The van der Waals surface area contributed by atoms with Gasteiger partial charge in [-0.05, 0) is 19.3 Å². The van der Waals surface area contributed by atoms with Gasteiger partial charge in [-0.2, -0.15) is 13.2 Å². The molecule has 0 unspecified atom stereocenters. The Morgan fingerprint density at radius 3 is 2.40 bits per heavy atom. The number of amides is 1. The number of hydrogen-bond acceptors (Lipinski definition) is 8. The zero-order chi connectivity index (χ0) is 25.2. The van der Waals surface area contributed by atoms with Gasteiger partial charge in [0.2, 0.25) is 5.91 Å². The molecule has 14 heteroatoms. The van der Waals surface area contributed by atoms with E-state index in [9.17, 15) is 26.7 Å². The highest BCUT2D eigenvalue weighted by Gasteiger charge is 2.48. The fourth-order valence-corrected chi connectivity index (χ4v) is 4.40. The predicted molar refractivity (Wildman–Crippen MR) is 115 cm³/mol. The first-order valence-electron chi connectivity index (χ1n) is 10.9. The first-order valence-corrected chi connectivity index (χ1v) is 10.9. The van der Waals surface area contributed by atoms with E-state index in [0.717, 1.165) is 12.4 Å². The van der Waals surface area contributed by atoms with Gasteiger partial charge >= 0.3 is 6.18 Å². The van der Waals surface area contributed by atoms with E-state index in [-0.39, 0.29) is 29.7 Å². The summed E-state index contributed by atoms with van der Waals surface area (Å²) in [6.07, 6.45) is -1.35. The zero-order valence-corrected chi connectivity index (χ0v) is 18.5. The molecule has 4 heterocycles. The molecule has 188 valence electrons. The number of halogens is 5. The number of hydrogen-bond donors (Lipinski definition) is 2. The molecule has 2 aliphatic rings. The van der Waals surface area contributed by atoms with Crippen LogP contribution in [0.1, 0.15) is 36.3 Å². The fourth-order valence-electron chi connectivity index (χ4n) is 4.40. The molecule has 2 N–H and O–H groups in total. The first kappa shape index (κ1) is 24.7. The summed E-state index contributed by atoms with van der Waals surface area (Å²) in [6, 6.07) is 0. The maximum absolute atomic E-state index is 13.2. The Morgan fingerprint density at radius 1 is 1.09 bits per heavy atom. The number of rotatable bonds is 7. The van der Waals surface area contributed by atoms with E-state index in [1.54, 1.807) is 4.90 Å². The van der Waals surface area contributed by atoms with E-state index in [1.807, 2.05) is 4.90 Å². The van der Waals surface area contributed by atoms with Crippen LogP contribution in [0.4, 0.5) is 33.6 Å². The van der Waals surface area contributed by atoms with E-state index < -0.39 is 30.3 Å². The third kappa shape index (κ3) is 5.30. The molecule has 1 spiro atoms. The van der Waals surface area contributed by atoms with Crippen LogP contribution in [0.25, 0.3) is 0 Å². The van der Waals surface area contributed by atoms with Crippen LogP contribution in [0.3, 0.4) is 0 Å². The number of aromatic nitrogens is 4. The monoisotopic (exact) mass is 498 g/mol. The molecular formula is C21H23F5N8O. The van der Waals surface area contributed by atoms with Crippen molar-refractivity contribution in [3.63, 3.8) is 0 Å². The maximum atomic E-state index is 13.2. The molecule has 0 saturated carbocycles. The number of carbonyl (C=O) groups is 1. The molecule has 0 radical (unpaired) electrons. The second kappa shape index (κ2) is 9.66. The number of likely N-dealkylation sites (tertiary alicyclic amines) is 1. The average molecular weight is 498 g/mol. The number of anilines is 2. The molecular weight excluding hydrogens is 475 g/mol. The summed E-state index contributed by atoms with van der Waals surface area (Å²) < 4.78 is 63.2. The lowest BCUT2D eigenvalue weighted by atomic mass is 9.77. The van der Waals surface area contributed by atoms with E-state index in [4.69, 9.17) is 5.41 Å². The lowest BCUT2D eigenvalue weighted by Gasteiger charge is -2.38. The molecule has 0 atom stereocenters. The van der Waals surface area contributed by atoms with Crippen molar-refractivity contribution in [1.82, 2.24) is 24.8 Å². The van der Waals surface area contributed by atoms with Crippen LogP contribution in [-0.2, 0) is 17.5 Å². The Labute approximate surface area is 197 Å². The van der Waals surface area contributed by atoms with Crippen LogP contribution in [-0.4, -0.2) is 69.6 Å². The molecule has 2 aliphatic heterocycles. The summed E-state index contributed by atoms with van der Waals surface area (Å²) >= 11 is 0. The summed E-state index contributed by atoms with van der Waals surface area (Å²) in [4.78, 5) is 32.4. The quantitative estimate of drug-likeness (QED) is 0.446. The van der Waals surface area contributed by atoms with Crippen molar-refractivity contribution in [2.75, 3.05) is 36.4 Å². The van der Waals surface area contributed by atoms with Crippen molar-refractivity contribution in [2.45, 2.75) is 38.4 Å². The van der Waals surface area contributed by atoms with Gasteiger partial charge in [0.25, 0.3) is 6.43 Å². The van der Waals surface area contributed by atoms with Crippen LogP contribution in [0.5, 0.6) is 0 Å². The van der Waals surface area contributed by atoms with Crippen molar-refractivity contribution < 1.29 is 26.7 Å². The highest BCUT2D eigenvalue weighted by molar-refractivity contribution is 5.85. The molecule has 0 aliphatic carbocycles. The van der Waals surface area contributed by atoms with Gasteiger partial charge in [-0.1, -0.05) is 0 Å². The summed E-state index contributed by atoms with van der Waals surface area (Å²) in [6.45, 7) is 0.928. The van der Waals surface area contributed by atoms with Crippen LogP contribution < -0.4 is 10.2 Å². The highest BCUT2D eigenvalue weighted by Crippen LogP contribution is 2.42. The third-order valence-corrected chi connectivity index (χ3v) is 6.34. The molecule has 4 rings (SSSR count). The number of piperidine rings is 1. The van der Waals surface area contributed by atoms with E-state index in [1.165, 1.54) is 6.20 Å². The van der Waals surface area contributed by atoms with Crippen LogP contribution in [0.15, 0.2) is 18.6 Å². The van der Waals surface area contributed by atoms with Crippen molar-refractivity contribution in [3.05, 3.63) is 35.7 Å². The summed E-state index contributed by atoms with van der Waals surface area (Å²) in [5.41, 5.74) is -1.22. The molecule has 0 aromatic carbocycles. The van der Waals surface area contributed by atoms with E-state index in [2.05, 4.69) is 25.3 Å². The Morgan fingerprint density at radius 2 is 1.80 bits per heavy atom. The maximum Gasteiger partial charge on any atom is 0.434 e. The van der Waals surface area contributed by atoms with Gasteiger partial charge in [0.1, 0.15) is 11.5 Å². The third-order valence-electron chi connectivity index (χ3n) is 6.34. The summed E-state index contributed by atoms with van der Waals surface area (Å²) in [5, 5.41) is 9.89. The van der Waals surface area contributed by atoms with Crippen LogP contribution in [0.2, 0.25) is 0 Å². The number of carbonyl (C=O) groups excluding carboxylic acids is 1. The largest absolute Gasteiger partial charge is 0.434 e. The molecule has 35 heavy (non-hydrogen) atoms. The van der Waals surface area contributed by atoms with Crippen molar-refractivity contribution >= 4 is 23.8 Å². The first-order chi connectivity index (χ1) is 16.6. The number of nitrogens with zero attached hydrogens (tertiary/aromatic N) is 6.